The Kier molecular flexibility index (Phi) is 13.1. The van der Waals surface area contributed by atoms with E-state index in [1.54, 1.807) is 6.07 Å². The molecule has 0 bridgehead atoms. The molecule has 0 spiro atoms. The molecule has 1 aliphatic rings. The fourth-order valence-electron chi connectivity index (χ4n) is 3.94. The van der Waals surface area contributed by atoms with Crippen LogP contribution in [0.25, 0.3) is 0 Å². The Labute approximate surface area is 194 Å². The Bertz CT molecular complexity index is 648. The molecule has 1 aromatic rings. The van der Waals surface area contributed by atoms with Gasteiger partial charge in [-0.15, -0.1) is 0 Å². The van der Waals surface area contributed by atoms with E-state index in [1.165, 1.54) is 4.90 Å². The minimum absolute atomic E-state index is 0. The number of rotatable bonds is 9. The summed E-state index contributed by atoms with van der Waals surface area (Å²) < 4.78 is 0. The van der Waals surface area contributed by atoms with Crippen LogP contribution in [-0.4, -0.2) is 46.9 Å². The summed E-state index contributed by atoms with van der Waals surface area (Å²) in [6.07, 6.45) is 3.54. The molecule has 0 aliphatic carbocycles. The second-order valence-electron chi connectivity index (χ2n) is 7.62. The Morgan fingerprint density at radius 1 is 1.21 bits per heavy atom. The standard InChI is InChI=1S/C18H27BCl2N2O4.2ClH/c20-15-4-3-13(16(21)11-15)12-23-9-5-14(6-10-23)18(22,17(24)25)7-1-2-8-19(26)27;;/h3-4,11,14,26-27H,1-2,5-10,12,22H2,(H,24,25);2*1H. The van der Waals surface area contributed by atoms with E-state index in [0.717, 1.165) is 38.0 Å². The van der Waals surface area contributed by atoms with Crippen molar-refractivity contribution in [2.75, 3.05) is 13.1 Å². The lowest BCUT2D eigenvalue weighted by Gasteiger charge is -2.36. The smallest absolute Gasteiger partial charge is 0.451 e. The summed E-state index contributed by atoms with van der Waals surface area (Å²) in [5.41, 5.74) is 4.11. The number of unbranched alkanes of at least 4 members (excludes halogenated alkanes) is 1. The molecule has 6 nitrogen and oxygen atoms in total. The summed E-state index contributed by atoms with van der Waals surface area (Å²) in [4.78, 5) is 13.3. The van der Waals surface area contributed by atoms with Crippen molar-refractivity contribution < 1.29 is 55.4 Å². The normalized spacial score (nSPS) is 20.7. The van der Waals surface area contributed by atoms with E-state index in [0.29, 0.717) is 29.3 Å². The van der Waals surface area contributed by atoms with Gasteiger partial charge in [-0.25, -0.2) is 4.79 Å². The molecule has 29 heavy (non-hydrogen) atoms. The maximum absolute atomic E-state index is 11.9. The van der Waals surface area contributed by atoms with E-state index in [4.69, 9.17) is 33.2 Å². The number of benzene rings is 1. The molecular formula is C18H29BCl4N2O4. The molecular weight excluding hydrogens is 461 g/mol. The molecule has 2 rings (SSSR count). The van der Waals surface area contributed by atoms with Crippen LogP contribution >= 0.6 is 23.2 Å². The molecule has 0 radical (unpaired) electrons. The van der Waals surface area contributed by atoms with Gasteiger partial charge in [-0.3, -0.25) is 0 Å². The van der Waals surface area contributed by atoms with Gasteiger partial charge >= 0.3 is 13.1 Å². The first-order valence-electron chi connectivity index (χ1n) is 9.44. The highest BCUT2D eigenvalue weighted by Gasteiger charge is 2.47. The predicted molar refractivity (Wildman–Crippen MR) is 106 cm³/mol. The number of hydrogen-bond donors (Lipinski definition) is 5. The maximum Gasteiger partial charge on any atom is 0.451 e. The Morgan fingerprint density at radius 2 is 1.83 bits per heavy atom. The van der Waals surface area contributed by atoms with E-state index >= 15 is 0 Å². The third-order valence-electron chi connectivity index (χ3n) is 5.69. The summed E-state index contributed by atoms with van der Waals surface area (Å²) in [6.45, 7) is 2.56. The molecule has 0 aromatic heterocycles. The quantitative estimate of drug-likeness (QED) is 0.176. The molecule has 166 valence electrons. The molecule has 1 heterocycles. The van der Waals surface area contributed by atoms with Gasteiger partial charge in [-0.1, -0.05) is 35.7 Å². The number of hydrogen-bond acceptors (Lipinski definition) is 3. The monoisotopic (exact) mass is 488 g/mol. The largest absolute Gasteiger partial charge is 1.00 e. The van der Waals surface area contributed by atoms with Crippen LogP contribution < -0.4 is 35.4 Å². The van der Waals surface area contributed by atoms with Gasteiger partial charge in [-0.05, 0) is 24.9 Å². The lowest BCUT2D eigenvalue weighted by Crippen LogP contribution is -3.12. The highest BCUT2D eigenvalue weighted by atomic mass is 35.5. The molecule has 1 atom stereocenters. The van der Waals surface area contributed by atoms with Gasteiger partial charge in [0.2, 0.25) is 0 Å². The Balaban J connectivity index is 0.00000392. The van der Waals surface area contributed by atoms with E-state index in [1.807, 2.05) is 12.1 Å². The lowest BCUT2D eigenvalue weighted by atomic mass is 9.74. The van der Waals surface area contributed by atoms with E-state index < -0.39 is 18.6 Å². The summed E-state index contributed by atoms with van der Waals surface area (Å²) in [5.74, 6) is -0.834. The SMILES string of the molecule is [Cl-].[Cl-].[NH3+]C(CCCCB(O)O)(C(=O)O)C1CC[NH+](Cc2ccc(Cl)cc2Cl)CC1. The highest BCUT2D eigenvalue weighted by molar-refractivity contribution is 6.40. The van der Waals surface area contributed by atoms with Gasteiger partial charge < -0.3 is 50.6 Å². The van der Waals surface area contributed by atoms with Gasteiger partial charge in [-0.2, -0.15) is 0 Å². The van der Waals surface area contributed by atoms with E-state index in [-0.39, 0.29) is 37.1 Å². The van der Waals surface area contributed by atoms with Crippen molar-refractivity contribution in [1.82, 2.24) is 0 Å². The van der Waals surface area contributed by atoms with Crippen LogP contribution in [0.2, 0.25) is 16.4 Å². The molecule has 0 amide bonds. The van der Waals surface area contributed by atoms with Crippen molar-refractivity contribution in [3.05, 3.63) is 33.8 Å². The summed E-state index contributed by atoms with van der Waals surface area (Å²) >= 11 is 12.2. The third kappa shape index (κ3) is 8.42. The van der Waals surface area contributed by atoms with Crippen LogP contribution in [0, 0.1) is 5.92 Å². The van der Waals surface area contributed by atoms with Gasteiger partial charge in [0.05, 0.1) is 18.1 Å². The van der Waals surface area contributed by atoms with Crippen LogP contribution in [-0.2, 0) is 11.3 Å². The molecule has 7 N–H and O–H groups in total. The van der Waals surface area contributed by atoms with Gasteiger partial charge in [0.1, 0.15) is 6.54 Å². The van der Waals surface area contributed by atoms with Crippen molar-refractivity contribution >= 4 is 36.3 Å². The van der Waals surface area contributed by atoms with Crippen molar-refractivity contribution in [3.63, 3.8) is 0 Å². The number of carbonyl (C=O) groups is 1. The van der Waals surface area contributed by atoms with Gasteiger partial charge in [0.25, 0.3) is 0 Å². The Morgan fingerprint density at radius 3 is 2.34 bits per heavy atom. The molecule has 1 fully saturated rings. The minimum atomic E-state index is -1.33. The predicted octanol–water partition coefficient (Wildman–Crippen LogP) is -5.50. The molecule has 0 saturated carbocycles. The fraction of sp³-hybridized carbons (Fsp3) is 0.611. The highest BCUT2D eigenvalue weighted by Crippen LogP contribution is 2.27. The second kappa shape index (κ2) is 13.2. The number of nitrogens with one attached hydrogen (secondary N) is 1. The van der Waals surface area contributed by atoms with Gasteiger partial charge in [0.15, 0.2) is 5.54 Å². The number of carboxylic acid groups (broad SMARTS) is 1. The molecule has 1 aliphatic heterocycles. The first-order chi connectivity index (χ1) is 12.7. The number of aliphatic carboxylic acids is 1. The summed E-state index contributed by atoms with van der Waals surface area (Å²) in [7, 11) is -1.33. The number of halogens is 4. The number of piperidine rings is 1. The van der Waals surface area contributed by atoms with Crippen LogP contribution in [0.5, 0.6) is 0 Å². The average molecular weight is 490 g/mol. The van der Waals surface area contributed by atoms with E-state index in [2.05, 4.69) is 5.73 Å². The molecule has 1 saturated heterocycles. The third-order valence-corrected chi connectivity index (χ3v) is 6.28. The number of quaternary nitrogens is 2. The minimum Gasteiger partial charge on any atom is -1.00 e. The fourth-order valence-corrected chi connectivity index (χ4v) is 4.42. The lowest BCUT2D eigenvalue weighted by molar-refractivity contribution is -0.920. The van der Waals surface area contributed by atoms with Crippen LogP contribution in [0.1, 0.15) is 37.7 Å². The number of likely N-dealkylation sites (tertiary alicyclic amines) is 1. The number of carboxylic acids is 1. The first kappa shape index (κ1) is 28.8. The first-order valence-corrected chi connectivity index (χ1v) is 10.2. The van der Waals surface area contributed by atoms with Crippen LogP contribution in [0.3, 0.4) is 0 Å². The Hall–Kier alpha value is -0.245. The van der Waals surface area contributed by atoms with Crippen molar-refractivity contribution in [2.24, 2.45) is 5.92 Å². The van der Waals surface area contributed by atoms with Gasteiger partial charge in [0, 0.05) is 35.8 Å². The van der Waals surface area contributed by atoms with Crippen molar-refractivity contribution in [2.45, 2.75) is 50.5 Å². The van der Waals surface area contributed by atoms with Crippen molar-refractivity contribution in [3.8, 4) is 0 Å². The summed E-state index contributed by atoms with van der Waals surface area (Å²) in [6, 6.07) is 5.53. The topological polar surface area (TPSA) is 110 Å². The second-order valence-corrected chi connectivity index (χ2v) is 8.47. The molecule has 11 heteroatoms. The average Bonchev–Trinajstić information content (AvgIpc) is 2.61. The van der Waals surface area contributed by atoms with Crippen LogP contribution in [0.15, 0.2) is 18.2 Å². The zero-order valence-electron chi connectivity index (χ0n) is 16.2. The van der Waals surface area contributed by atoms with Crippen molar-refractivity contribution in [1.29, 1.82) is 0 Å². The van der Waals surface area contributed by atoms with E-state index in [9.17, 15) is 9.90 Å². The molecule has 1 unspecified atom stereocenters. The summed E-state index contributed by atoms with van der Waals surface area (Å²) in [5, 5.41) is 28.9. The molecule has 1 aromatic carbocycles. The maximum atomic E-state index is 11.9. The zero-order chi connectivity index (χ0) is 20.0. The zero-order valence-corrected chi connectivity index (χ0v) is 19.2. The van der Waals surface area contributed by atoms with Crippen LogP contribution in [0.4, 0.5) is 0 Å².